The van der Waals surface area contributed by atoms with E-state index in [0.717, 1.165) is 17.9 Å². The average Bonchev–Trinajstić information content (AvgIpc) is 2.81. The van der Waals surface area contributed by atoms with Gasteiger partial charge in [-0.05, 0) is 19.8 Å². The van der Waals surface area contributed by atoms with Gasteiger partial charge in [-0.1, -0.05) is 33.1 Å². The summed E-state index contributed by atoms with van der Waals surface area (Å²) < 4.78 is 1.87. The maximum atomic E-state index is 4.45. The van der Waals surface area contributed by atoms with E-state index in [4.69, 9.17) is 0 Å². The first-order valence-corrected chi connectivity index (χ1v) is 7.77. The molecule has 0 aromatic carbocycles. The van der Waals surface area contributed by atoms with Crippen molar-refractivity contribution in [3.8, 4) is 0 Å². The molecule has 1 N–H and O–H groups in total. The molecule has 0 saturated carbocycles. The van der Waals surface area contributed by atoms with Gasteiger partial charge < -0.3 is 5.32 Å². The van der Waals surface area contributed by atoms with Crippen LogP contribution in [0, 0.1) is 6.92 Å². The molecule has 4 nitrogen and oxygen atoms in total. The van der Waals surface area contributed by atoms with Crippen LogP contribution in [0.15, 0.2) is 18.5 Å². The number of hydrogen-bond donors (Lipinski definition) is 1. The smallest absolute Gasteiger partial charge is 0.155 e. The van der Waals surface area contributed by atoms with Crippen molar-refractivity contribution >= 4 is 5.65 Å². The van der Waals surface area contributed by atoms with Crippen LogP contribution in [0.2, 0.25) is 0 Å². The SMILES string of the molecule is CCCCC(CCC)NCc1cnc2cc(C)nn2c1. The molecule has 0 bridgehead atoms. The second kappa shape index (κ2) is 7.39. The minimum atomic E-state index is 0.620. The Morgan fingerprint density at radius 3 is 2.85 bits per heavy atom. The Bertz CT molecular complexity index is 532. The van der Waals surface area contributed by atoms with E-state index in [1.54, 1.807) is 0 Å². The van der Waals surface area contributed by atoms with E-state index in [-0.39, 0.29) is 0 Å². The van der Waals surface area contributed by atoms with E-state index < -0.39 is 0 Å². The minimum Gasteiger partial charge on any atom is -0.310 e. The van der Waals surface area contributed by atoms with Crippen LogP contribution in [0.25, 0.3) is 5.65 Å². The molecule has 2 aromatic rings. The summed E-state index contributed by atoms with van der Waals surface area (Å²) >= 11 is 0. The predicted molar refractivity (Wildman–Crippen MR) is 82.8 cm³/mol. The van der Waals surface area contributed by atoms with Crippen LogP contribution < -0.4 is 5.32 Å². The number of unbranched alkanes of at least 4 members (excludes halogenated alkanes) is 1. The molecule has 0 aliphatic rings. The van der Waals surface area contributed by atoms with Gasteiger partial charge in [0, 0.05) is 36.6 Å². The van der Waals surface area contributed by atoms with Gasteiger partial charge in [0.05, 0.1) is 5.69 Å². The quantitative estimate of drug-likeness (QED) is 0.801. The molecule has 2 heterocycles. The van der Waals surface area contributed by atoms with Crippen molar-refractivity contribution in [1.29, 1.82) is 0 Å². The van der Waals surface area contributed by atoms with Crippen molar-refractivity contribution in [2.75, 3.05) is 0 Å². The number of fused-ring (bicyclic) bond motifs is 1. The van der Waals surface area contributed by atoms with Crippen LogP contribution in [0.5, 0.6) is 0 Å². The highest BCUT2D eigenvalue weighted by molar-refractivity contribution is 5.38. The zero-order valence-corrected chi connectivity index (χ0v) is 12.9. The Hall–Kier alpha value is -1.42. The summed E-state index contributed by atoms with van der Waals surface area (Å²) in [6.45, 7) is 7.37. The molecule has 0 fully saturated rings. The van der Waals surface area contributed by atoms with E-state index in [1.165, 1.54) is 37.7 Å². The second-order valence-electron chi connectivity index (χ2n) is 5.56. The molecule has 110 valence electrons. The van der Waals surface area contributed by atoms with E-state index >= 15 is 0 Å². The Morgan fingerprint density at radius 1 is 1.25 bits per heavy atom. The van der Waals surface area contributed by atoms with E-state index in [2.05, 4.69) is 35.4 Å². The Kier molecular flexibility index (Phi) is 5.53. The fourth-order valence-corrected chi connectivity index (χ4v) is 2.53. The molecule has 1 atom stereocenters. The lowest BCUT2D eigenvalue weighted by Gasteiger charge is -2.17. The third-order valence-electron chi connectivity index (χ3n) is 3.63. The highest BCUT2D eigenvalue weighted by Gasteiger charge is 2.07. The van der Waals surface area contributed by atoms with Crippen LogP contribution >= 0.6 is 0 Å². The number of nitrogens with zero attached hydrogens (tertiary/aromatic N) is 3. The number of hydrogen-bond acceptors (Lipinski definition) is 3. The molecule has 1 unspecified atom stereocenters. The van der Waals surface area contributed by atoms with Gasteiger partial charge in [-0.15, -0.1) is 0 Å². The maximum absolute atomic E-state index is 4.45. The summed E-state index contributed by atoms with van der Waals surface area (Å²) in [7, 11) is 0. The van der Waals surface area contributed by atoms with Gasteiger partial charge in [0.1, 0.15) is 0 Å². The van der Waals surface area contributed by atoms with Crippen LogP contribution in [-0.2, 0) is 6.54 Å². The lowest BCUT2D eigenvalue weighted by Crippen LogP contribution is -2.28. The molecule has 0 spiro atoms. The van der Waals surface area contributed by atoms with Crippen molar-refractivity contribution < 1.29 is 0 Å². The first-order valence-electron chi connectivity index (χ1n) is 7.77. The van der Waals surface area contributed by atoms with Crippen molar-refractivity contribution in [2.45, 2.75) is 65.5 Å². The summed E-state index contributed by atoms with van der Waals surface area (Å²) in [5.41, 5.74) is 3.12. The lowest BCUT2D eigenvalue weighted by molar-refractivity contribution is 0.433. The third-order valence-corrected chi connectivity index (χ3v) is 3.63. The molecule has 0 amide bonds. The molecule has 0 aliphatic carbocycles. The Labute approximate surface area is 121 Å². The molecule has 0 saturated heterocycles. The minimum absolute atomic E-state index is 0.620. The topological polar surface area (TPSA) is 42.2 Å². The van der Waals surface area contributed by atoms with E-state index in [9.17, 15) is 0 Å². The number of nitrogens with one attached hydrogen (secondary N) is 1. The van der Waals surface area contributed by atoms with Crippen LogP contribution in [0.1, 0.15) is 57.2 Å². The molecular formula is C16H26N4. The molecule has 4 heteroatoms. The fraction of sp³-hybridized carbons (Fsp3) is 0.625. The second-order valence-corrected chi connectivity index (χ2v) is 5.56. The summed E-state index contributed by atoms with van der Waals surface area (Å²) in [6, 6.07) is 2.62. The van der Waals surface area contributed by atoms with Crippen molar-refractivity contribution in [2.24, 2.45) is 0 Å². The molecular weight excluding hydrogens is 248 g/mol. The van der Waals surface area contributed by atoms with Gasteiger partial charge in [-0.2, -0.15) is 5.10 Å². The van der Waals surface area contributed by atoms with Gasteiger partial charge in [0.15, 0.2) is 5.65 Å². The maximum Gasteiger partial charge on any atom is 0.155 e. The van der Waals surface area contributed by atoms with Crippen LogP contribution in [0.4, 0.5) is 0 Å². The lowest BCUT2D eigenvalue weighted by atomic mass is 10.1. The summed E-state index contributed by atoms with van der Waals surface area (Å²) in [4.78, 5) is 4.45. The number of rotatable bonds is 8. The summed E-state index contributed by atoms with van der Waals surface area (Å²) in [5.74, 6) is 0. The van der Waals surface area contributed by atoms with Gasteiger partial charge in [0.2, 0.25) is 0 Å². The molecule has 0 aliphatic heterocycles. The zero-order valence-electron chi connectivity index (χ0n) is 12.9. The van der Waals surface area contributed by atoms with Crippen LogP contribution in [-0.4, -0.2) is 20.6 Å². The highest BCUT2D eigenvalue weighted by atomic mass is 15.2. The van der Waals surface area contributed by atoms with Crippen molar-refractivity contribution in [3.05, 3.63) is 29.7 Å². The first kappa shape index (κ1) is 15.0. The standard InChI is InChI=1S/C16H26N4/c1-4-6-8-15(7-5-2)17-10-14-11-18-16-9-13(3)19-20(16)12-14/h9,11-12,15,17H,4-8,10H2,1-3H3. The number of aryl methyl sites for hydroxylation is 1. The van der Waals surface area contributed by atoms with Crippen LogP contribution in [0.3, 0.4) is 0 Å². The molecule has 2 aromatic heterocycles. The van der Waals surface area contributed by atoms with Gasteiger partial charge in [-0.25, -0.2) is 9.50 Å². The van der Waals surface area contributed by atoms with Gasteiger partial charge in [-0.3, -0.25) is 0 Å². The van der Waals surface area contributed by atoms with Gasteiger partial charge >= 0.3 is 0 Å². The molecule has 20 heavy (non-hydrogen) atoms. The van der Waals surface area contributed by atoms with Crippen molar-refractivity contribution in [3.63, 3.8) is 0 Å². The first-order chi connectivity index (χ1) is 9.72. The largest absolute Gasteiger partial charge is 0.310 e. The molecule has 2 rings (SSSR count). The van der Waals surface area contributed by atoms with E-state index in [1.807, 2.05) is 23.7 Å². The fourth-order valence-electron chi connectivity index (χ4n) is 2.53. The van der Waals surface area contributed by atoms with E-state index in [0.29, 0.717) is 6.04 Å². The predicted octanol–water partition coefficient (Wildman–Crippen LogP) is 3.49. The molecule has 0 radical (unpaired) electrons. The Morgan fingerprint density at radius 2 is 2.10 bits per heavy atom. The summed E-state index contributed by atoms with van der Waals surface area (Å²) in [6.07, 6.45) is 10.3. The normalized spacial score (nSPS) is 12.9. The number of aromatic nitrogens is 3. The average molecular weight is 274 g/mol. The highest BCUT2D eigenvalue weighted by Crippen LogP contribution is 2.09. The van der Waals surface area contributed by atoms with Crippen molar-refractivity contribution in [1.82, 2.24) is 19.9 Å². The van der Waals surface area contributed by atoms with Gasteiger partial charge in [0.25, 0.3) is 0 Å². The summed E-state index contributed by atoms with van der Waals surface area (Å²) in [5, 5.41) is 8.08. The monoisotopic (exact) mass is 274 g/mol. The Balaban J connectivity index is 1.95. The zero-order chi connectivity index (χ0) is 14.4. The third kappa shape index (κ3) is 4.04.